The van der Waals surface area contributed by atoms with Crippen molar-refractivity contribution in [2.45, 2.75) is 6.92 Å². The molecule has 7 heteroatoms. The highest BCUT2D eigenvalue weighted by Gasteiger charge is 2.18. The van der Waals surface area contributed by atoms with E-state index >= 15 is 0 Å². The predicted octanol–water partition coefficient (Wildman–Crippen LogP) is 4.48. The molecule has 3 aromatic rings. The molecule has 0 spiro atoms. The highest BCUT2D eigenvalue weighted by Crippen LogP contribution is 2.27. The summed E-state index contributed by atoms with van der Waals surface area (Å²) in [7, 11) is 0. The quantitative estimate of drug-likeness (QED) is 0.486. The Balaban J connectivity index is 1.84. The van der Waals surface area contributed by atoms with Crippen LogP contribution in [0, 0.1) is 12.7 Å². The van der Waals surface area contributed by atoms with Gasteiger partial charge in [0.15, 0.2) is 5.78 Å². The van der Waals surface area contributed by atoms with E-state index in [1.807, 2.05) is 0 Å². The van der Waals surface area contributed by atoms with Gasteiger partial charge < -0.3 is 15.7 Å². The second kappa shape index (κ2) is 9.52. The standard InChI is InChI=1S/C23H20ClFN2O3/c1-14-2-3-15(23(30)26-10-11-28)12-20(14)22(29)19-9-8-18(13-21(19)24)27-17-6-4-16(25)5-7-17/h2-9,12-13,27-28H,10-11H2,1H3,(H,26,30). The minimum atomic E-state index is -0.372. The first-order valence-electron chi connectivity index (χ1n) is 9.25. The molecule has 5 nitrogen and oxygen atoms in total. The molecule has 30 heavy (non-hydrogen) atoms. The maximum Gasteiger partial charge on any atom is 0.251 e. The lowest BCUT2D eigenvalue weighted by Gasteiger charge is -2.12. The summed E-state index contributed by atoms with van der Waals surface area (Å²) in [6, 6.07) is 15.6. The van der Waals surface area contributed by atoms with E-state index in [-0.39, 0.29) is 35.7 Å². The monoisotopic (exact) mass is 426 g/mol. The summed E-state index contributed by atoms with van der Waals surface area (Å²) in [5.41, 5.74) is 3.04. The zero-order valence-corrected chi connectivity index (χ0v) is 17.0. The number of anilines is 2. The fourth-order valence-electron chi connectivity index (χ4n) is 2.90. The Morgan fingerprint density at radius 1 is 0.967 bits per heavy atom. The van der Waals surface area contributed by atoms with Crippen LogP contribution < -0.4 is 10.6 Å². The van der Waals surface area contributed by atoms with Gasteiger partial charge in [-0.3, -0.25) is 9.59 Å². The van der Waals surface area contributed by atoms with Crippen LogP contribution in [0.1, 0.15) is 31.8 Å². The van der Waals surface area contributed by atoms with E-state index in [1.165, 1.54) is 18.2 Å². The number of benzene rings is 3. The second-order valence-electron chi connectivity index (χ2n) is 6.66. The van der Waals surface area contributed by atoms with E-state index in [4.69, 9.17) is 16.7 Å². The lowest BCUT2D eigenvalue weighted by molar-refractivity contribution is 0.0944. The fourth-order valence-corrected chi connectivity index (χ4v) is 3.17. The highest BCUT2D eigenvalue weighted by molar-refractivity contribution is 6.35. The Morgan fingerprint density at radius 3 is 2.33 bits per heavy atom. The molecule has 0 atom stereocenters. The summed E-state index contributed by atoms with van der Waals surface area (Å²) in [6.07, 6.45) is 0. The zero-order chi connectivity index (χ0) is 21.7. The molecule has 3 N–H and O–H groups in total. The SMILES string of the molecule is Cc1ccc(C(=O)NCCO)cc1C(=O)c1ccc(Nc2ccc(F)cc2)cc1Cl. The lowest BCUT2D eigenvalue weighted by atomic mass is 9.96. The number of rotatable bonds is 7. The number of carbonyl (C=O) groups is 2. The maximum atomic E-state index is 13.1. The number of ketones is 1. The van der Waals surface area contributed by atoms with Crippen LogP contribution >= 0.6 is 11.6 Å². The summed E-state index contributed by atoms with van der Waals surface area (Å²) in [6.45, 7) is 1.74. The summed E-state index contributed by atoms with van der Waals surface area (Å²) in [4.78, 5) is 25.2. The van der Waals surface area contributed by atoms with E-state index in [0.29, 0.717) is 33.6 Å². The first-order valence-corrected chi connectivity index (χ1v) is 9.63. The first kappa shape index (κ1) is 21.5. The van der Waals surface area contributed by atoms with Crippen molar-refractivity contribution >= 4 is 34.7 Å². The number of amides is 1. The van der Waals surface area contributed by atoms with Crippen molar-refractivity contribution in [3.63, 3.8) is 0 Å². The van der Waals surface area contributed by atoms with Crippen molar-refractivity contribution < 1.29 is 19.1 Å². The molecular weight excluding hydrogens is 407 g/mol. The van der Waals surface area contributed by atoms with Crippen LogP contribution in [0.25, 0.3) is 0 Å². The Hall–Kier alpha value is -3.22. The van der Waals surface area contributed by atoms with Crippen molar-refractivity contribution in [1.82, 2.24) is 5.32 Å². The maximum absolute atomic E-state index is 13.1. The van der Waals surface area contributed by atoms with Crippen molar-refractivity contribution in [1.29, 1.82) is 0 Å². The largest absolute Gasteiger partial charge is 0.395 e. The molecule has 154 valence electrons. The molecule has 0 aliphatic rings. The van der Waals surface area contributed by atoms with Crippen LogP contribution in [0.2, 0.25) is 5.02 Å². The van der Waals surface area contributed by atoms with Crippen LogP contribution in [0.15, 0.2) is 60.7 Å². The molecular formula is C23H20ClFN2O3. The number of nitrogens with one attached hydrogen (secondary N) is 2. The predicted molar refractivity (Wildman–Crippen MR) is 115 cm³/mol. The Bertz CT molecular complexity index is 1080. The molecule has 0 aliphatic heterocycles. The number of carbonyl (C=O) groups excluding carboxylic acids is 2. The second-order valence-corrected chi connectivity index (χ2v) is 7.07. The van der Waals surface area contributed by atoms with Gasteiger partial charge in [0.2, 0.25) is 0 Å². The molecule has 1 amide bonds. The van der Waals surface area contributed by atoms with Crippen molar-refractivity contribution in [3.8, 4) is 0 Å². The van der Waals surface area contributed by atoms with Crippen molar-refractivity contribution in [2.75, 3.05) is 18.5 Å². The van der Waals surface area contributed by atoms with E-state index in [9.17, 15) is 14.0 Å². The van der Waals surface area contributed by atoms with E-state index < -0.39 is 0 Å². The summed E-state index contributed by atoms with van der Waals surface area (Å²) < 4.78 is 13.0. The molecule has 0 aromatic heterocycles. The number of hydrogen-bond acceptors (Lipinski definition) is 4. The smallest absolute Gasteiger partial charge is 0.251 e. The number of hydrogen-bond donors (Lipinski definition) is 3. The molecule has 0 fully saturated rings. The van der Waals surface area contributed by atoms with Gasteiger partial charge in [0.25, 0.3) is 5.91 Å². The van der Waals surface area contributed by atoms with E-state index in [0.717, 1.165) is 0 Å². The van der Waals surface area contributed by atoms with Gasteiger partial charge in [-0.2, -0.15) is 0 Å². The van der Waals surface area contributed by atoms with Gasteiger partial charge in [0, 0.05) is 34.6 Å². The van der Waals surface area contributed by atoms with Gasteiger partial charge in [-0.05, 0) is 67.1 Å². The molecule has 3 rings (SSSR count). The highest BCUT2D eigenvalue weighted by atomic mass is 35.5. The van der Waals surface area contributed by atoms with Gasteiger partial charge in [-0.15, -0.1) is 0 Å². The molecule has 0 bridgehead atoms. The number of aliphatic hydroxyl groups excluding tert-OH is 1. The molecule has 0 radical (unpaired) electrons. The molecule has 0 saturated carbocycles. The van der Waals surface area contributed by atoms with Crippen LogP contribution in [0.5, 0.6) is 0 Å². The van der Waals surface area contributed by atoms with E-state index in [2.05, 4.69) is 10.6 Å². The zero-order valence-electron chi connectivity index (χ0n) is 16.2. The van der Waals surface area contributed by atoms with Gasteiger partial charge in [-0.1, -0.05) is 17.7 Å². The van der Waals surface area contributed by atoms with Gasteiger partial charge in [-0.25, -0.2) is 4.39 Å². The molecule has 0 heterocycles. The third kappa shape index (κ3) is 5.03. The van der Waals surface area contributed by atoms with Gasteiger partial charge in [0.1, 0.15) is 5.82 Å². The Morgan fingerprint density at radius 2 is 1.67 bits per heavy atom. The normalized spacial score (nSPS) is 10.5. The van der Waals surface area contributed by atoms with Crippen LogP contribution in [-0.4, -0.2) is 29.9 Å². The van der Waals surface area contributed by atoms with Crippen molar-refractivity contribution in [3.05, 3.63) is 93.8 Å². The lowest BCUT2D eigenvalue weighted by Crippen LogP contribution is -2.26. The van der Waals surface area contributed by atoms with Gasteiger partial charge in [0.05, 0.1) is 11.6 Å². The molecule has 0 unspecified atom stereocenters. The minimum Gasteiger partial charge on any atom is -0.395 e. The summed E-state index contributed by atoms with van der Waals surface area (Å²) >= 11 is 6.36. The number of halogens is 2. The molecule has 0 saturated heterocycles. The molecule has 3 aromatic carbocycles. The molecule has 0 aliphatic carbocycles. The summed E-state index contributed by atoms with van der Waals surface area (Å²) in [5, 5.41) is 14.8. The Labute approximate surface area is 178 Å². The Kier molecular flexibility index (Phi) is 6.82. The summed E-state index contributed by atoms with van der Waals surface area (Å²) in [5.74, 6) is -1.01. The van der Waals surface area contributed by atoms with E-state index in [1.54, 1.807) is 49.4 Å². The fraction of sp³-hybridized carbons (Fsp3) is 0.130. The third-order valence-electron chi connectivity index (χ3n) is 4.49. The average molecular weight is 427 g/mol. The van der Waals surface area contributed by atoms with Crippen molar-refractivity contribution in [2.24, 2.45) is 0 Å². The third-order valence-corrected chi connectivity index (χ3v) is 4.80. The van der Waals surface area contributed by atoms with Crippen LogP contribution in [0.4, 0.5) is 15.8 Å². The number of aryl methyl sites for hydroxylation is 1. The first-order chi connectivity index (χ1) is 14.4. The van der Waals surface area contributed by atoms with Crippen LogP contribution in [0.3, 0.4) is 0 Å². The average Bonchev–Trinajstić information content (AvgIpc) is 2.73. The van der Waals surface area contributed by atoms with Gasteiger partial charge >= 0.3 is 0 Å². The number of aliphatic hydroxyl groups is 1. The topological polar surface area (TPSA) is 78.4 Å². The van der Waals surface area contributed by atoms with Crippen LogP contribution in [-0.2, 0) is 0 Å². The minimum absolute atomic E-state index is 0.129.